The molecule has 1 heterocycles. The predicted octanol–water partition coefficient (Wildman–Crippen LogP) is 3.84. The maximum atomic E-state index is 12.8. The van der Waals surface area contributed by atoms with Crippen LogP contribution in [0.1, 0.15) is 44.0 Å². The van der Waals surface area contributed by atoms with Crippen LogP contribution in [0.2, 0.25) is 0 Å². The van der Waals surface area contributed by atoms with Crippen LogP contribution >= 0.6 is 11.3 Å². The van der Waals surface area contributed by atoms with Crippen LogP contribution in [0.15, 0.2) is 35.7 Å². The number of benzene rings is 1. The second kappa shape index (κ2) is 8.14. The highest BCUT2D eigenvalue weighted by molar-refractivity contribution is 7.15. The molecule has 0 unspecified atom stereocenters. The zero-order valence-electron chi connectivity index (χ0n) is 16.2. The van der Waals surface area contributed by atoms with Gasteiger partial charge < -0.3 is 15.4 Å². The van der Waals surface area contributed by atoms with Crippen molar-refractivity contribution in [1.82, 2.24) is 5.32 Å². The van der Waals surface area contributed by atoms with Crippen LogP contribution < -0.4 is 10.6 Å². The van der Waals surface area contributed by atoms with Gasteiger partial charge in [0.15, 0.2) is 6.61 Å². The SMILES string of the molecule is CC(C)(C)NC(=O)COC(=O)c1c(-c2ccccc2)csc1NC(=O)C1CC1. The number of rotatable bonds is 6. The van der Waals surface area contributed by atoms with Crippen LogP contribution in [0.4, 0.5) is 5.00 Å². The lowest BCUT2D eigenvalue weighted by Gasteiger charge is -2.20. The average Bonchev–Trinajstić information content (AvgIpc) is 3.40. The Morgan fingerprint density at radius 1 is 1.14 bits per heavy atom. The summed E-state index contributed by atoms with van der Waals surface area (Å²) in [5.41, 5.74) is 1.40. The van der Waals surface area contributed by atoms with Crippen LogP contribution in [0.3, 0.4) is 0 Å². The predicted molar refractivity (Wildman–Crippen MR) is 109 cm³/mol. The Bertz CT molecular complexity index is 880. The summed E-state index contributed by atoms with van der Waals surface area (Å²) < 4.78 is 5.26. The minimum atomic E-state index is -0.629. The number of carbonyl (C=O) groups is 3. The molecule has 0 bridgehead atoms. The molecule has 7 heteroatoms. The summed E-state index contributed by atoms with van der Waals surface area (Å²) in [6, 6.07) is 9.42. The summed E-state index contributed by atoms with van der Waals surface area (Å²) in [6.45, 7) is 5.18. The van der Waals surface area contributed by atoms with Crippen molar-refractivity contribution in [3.8, 4) is 11.1 Å². The van der Waals surface area contributed by atoms with Gasteiger partial charge in [-0.3, -0.25) is 9.59 Å². The van der Waals surface area contributed by atoms with E-state index in [1.54, 1.807) is 0 Å². The smallest absolute Gasteiger partial charge is 0.342 e. The Labute approximate surface area is 168 Å². The van der Waals surface area contributed by atoms with E-state index in [9.17, 15) is 14.4 Å². The van der Waals surface area contributed by atoms with Gasteiger partial charge in [0.2, 0.25) is 5.91 Å². The number of thiophene rings is 1. The fraction of sp³-hybridized carbons (Fsp3) is 0.381. The highest BCUT2D eigenvalue weighted by atomic mass is 32.1. The van der Waals surface area contributed by atoms with E-state index in [0.717, 1.165) is 18.4 Å². The van der Waals surface area contributed by atoms with Crippen LogP contribution in [-0.4, -0.2) is 29.9 Å². The summed E-state index contributed by atoms with van der Waals surface area (Å²) in [5, 5.41) is 7.88. The summed E-state index contributed by atoms with van der Waals surface area (Å²) in [7, 11) is 0. The lowest BCUT2D eigenvalue weighted by atomic mass is 10.0. The van der Waals surface area contributed by atoms with Crippen LogP contribution in [0.5, 0.6) is 0 Å². The molecule has 0 aliphatic heterocycles. The van der Waals surface area contributed by atoms with Crippen molar-refractivity contribution < 1.29 is 19.1 Å². The quantitative estimate of drug-likeness (QED) is 0.722. The van der Waals surface area contributed by atoms with Gasteiger partial charge in [0.1, 0.15) is 10.6 Å². The van der Waals surface area contributed by atoms with Gasteiger partial charge in [-0.25, -0.2) is 4.79 Å². The number of carbonyl (C=O) groups excluding carboxylic acids is 3. The van der Waals surface area contributed by atoms with E-state index in [2.05, 4.69) is 10.6 Å². The van der Waals surface area contributed by atoms with Gasteiger partial charge in [-0.2, -0.15) is 0 Å². The molecular weight excluding hydrogens is 376 g/mol. The van der Waals surface area contributed by atoms with Crippen molar-refractivity contribution in [3.63, 3.8) is 0 Å². The molecule has 1 aromatic heterocycles. The maximum absolute atomic E-state index is 12.8. The highest BCUT2D eigenvalue weighted by Crippen LogP contribution is 2.38. The van der Waals surface area contributed by atoms with Crippen molar-refractivity contribution in [2.45, 2.75) is 39.2 Å². The third-order valence-electron chi connectivity index (χ3n) is 4.11. The molecule has 0 saturated heterocycles. The van der Waals surface area contributed by atoms with Crippen LogP contribution in [-0.2, 0) is 14.3 Å². The molecular formula is C21H24N2O4S. The molecule has 0 atom stereocenters. The van der Waals surface area contributed by atoms with Gasteiger partial charge >= 0.3 is 5.97 Å². The summed E-state index contributed by atoms with van der Waals surface area (Å²) in [6.07, 6.45) is 1.74. The molecule has 148 valence electrons. The standard InChI is InChI=1S/C21H24N2O4S/c1-21(2,3)23-16(24)11-27-20(26)17-15(13-7-5-4-6-8-13)12-28-19(17)22-18(25)14-9-10-14/h4-8,12,14H,9-11H2,1-3H3,(H,22,25)(H,23,24). The van der Waals surface area contributed by atoms with E-state index in [1.165, 1.54) is 11.3 Å². The van der Waals surface area contributed by atoms with Crippen molar-refractivity contribution in [2.75, 3.05) is 11.9 Å². The van der Waals surface area contributed by atoms with E-state index in [0.29, 0.717) is 10.6 Å². The van der Waals surface area contributed by atoms with Gasteiger partial charge in [-0.1, -0.05) is 30.3 Å². The lowest BCUT2D eigenvalue weighted by Crippen LogP contribution is -2.42. The molecule has 2 amide bonds. The largest absolute Gasteiger partial charge is 0.452 e. The van der Waals surface area contributed by atoms with E-state index >= 15 is 0 Å². The van der Waals surface area contributed by atoms with Gasteiger partial charge in [0.05, 0.1) is 0 Å². The summed E-state index contributed by atoms with van der Waals surface area (Å²) in [5.74, 6) is -1.07. The first-order valence-corrected chi connectivity index (χ1v) is 10.1. The molecule has 1 fully saturated rings. The zero-order chi connectivity index (χ0) is 20.3. The molecule has 0 radical (unpaired) electrons. The maximum Gasteiger partial charge on any atom is 0.342 e. The van der Waals surface area contributed by atoms with Gasteiger partial charge in [0, 0.05) is 22.4 Å². The first kappa shape index (κ1) is 20.1. The van der Waals surface area contributed by atoms with Gasteiger partial charge in [-0.15, -0.1) is 11.3 Å². The van der Waals surface area contributed by atoms with E-state index in [1.807, 2.05) is 56.5 Å². The zero-order valence-corrected chi connectivity index (χ0v) is 17.0. The molecule has 6 nitrogen and oxygen atoms in total. The van der Waals surface area contributed by atoms with Crippen molar-refractivity contribution >= 4 is 34.1 Å². The number of hydrogen-bond acceptors (Lipinski definition) is 5. The number of anilines is 1. The molecule has 2 N–H and O–H groups in total. The second-order valence-corrected chi connectivity index (χ2v) is 8.74. The Kier molecular flexibility index (Phi) is 5.84. The Morgan fingerprint density at radius 2 is 1.82 bits per heavy atom. The number of esters is 1. The molecule has 2 aromatic rings. The number of ether oxygens (including phenoxy) is 1. The minimum absolute atomic E-state index is 0.0173. The Balaban J connectivity index is 1.81. The van der Waals surface area contributed by atoms with Crippen LogP contribution in [0, 0.1) is 5.92 Å². The fourth-order valence-corrected chi connectivity index (χ4v) is 3.66. The molecule has 3 rings (SSSR count). The van der Waals surface area contributed by atoms with Crippen molar-refractivity contribution in [2.24, 2.45) is 5.92 Å². The molecule has 28 heavy (non-hydrogen) atoms. The lowest BCUT2D eigenvalue weighted by molar-refractivity contribution is -0.125. The fourth-order valence-electron chi connectivity index (χ4n) is 2.70. The molecule has 1 aliphatic carbocycles. The first-order valence-electron chi connectivity index (χ1n) is 9.20. The molecule has 1 saturated carbocycles. The molecule has 1 aliphatic rings. The summed E-state index contributed by atoms with van der Waals surface area (Å²) >= 11 is 1.28. The highest BCUT2D eigenvalue weighted by Gasteiger charge is 2.32. The minimum Gasteiger partial charge on any atom is -0.452 e. The van der Waals surface area contributed by atoms with Crippen molar-refractivity contribution in [3.05, 3.63) is 41.3 Å². The van der Waals surface area contributed by atoms with E-state index in [-0.39, 0.29) is 29.9 Å². The van der Waals surface area contributed by atoms with Gasteiger partial charge in [0.25, 0.3) is 5.91 Å². The third-order valence-corrected chi connectivity index (χ3v) is 5.01. The Morgan fingerprint density at radius 3 is 2.43 bits per heavy atom. The number of amides is 2. The topological polar surface area (TPSA) is 84.5 Å². The first-order chi connectivity index (χ1) is 13.2. The summed E-state index contributed by atoms with van der Waals surface area (Å²) in [4.78, 5) is 37.0. The molecule has 1 aromatic carbocycles. The molecule has 0 spiro atoms. The Hall–Kier alpha value is -2.67. The van der Waals surface area contributed by atoms with Gasteiger partial charge in [-0.05, 0) is 39.2 Å². The number of hydrogen-bond donors (Lipinski definition) is 2. The van der Waals surface area contributed by atoms with E-state index < -0.39 is 11.5 Å². The van der Waals surface area contributed by atoms with E-state index in [4.69, 9.17) is 4.74 Å². The number of nitrogens with one attached hydrogen (secondary N) is 2. The average molecular weight is 401 g/mol. The third kappa shape index (κ3) is 5.19. The normalized spacial score (nSPS) is 13.7. The second-order valence-electron chi connectivity index (χ2n) is 7.86. The monoisotopic (exact) mass is 400 g/mol. The van der Waals surface area contributed by atoms with Crippen molar-refractivity contribution in [1.29, 1.82) is 0 Å². The van der Waals surface area contributed by atoms with Crippen LogP contribution in [0.25, 0.3) is 11.1 Å².